The summed E-state index contributed by atoms with van der Waals surface area (Å²) in [5.41, 5.74) is 5.86. The van der Waals surface area contributed by atoms with Crippen LogP contribution in [0.15, 0.2) is 4.52 Å². The minimum atomic E-state index is -4.18. The lowest BCUT2D eigenvalue weighted by molar-refractivity contribution is -0.168. The summed E-state index contributed by atoms with van der Waals surface area (Å²) in [7, 11) is 0. The van der Waals surface area contributed by atoms with Crippen LogP contribution in [0.25, 0.3) is 0 Å². The number of hydrogen-bond donors (Lipinski definition) is 1. The monoisotopic (exact) mass is 311 g/mol. The van der Waals surface area contributed by atoms with Crippen LogP contribution in [0.2, 0.25) is 0 Å². The summed E-state index contributed by atoms with van der Waals surface area (Å²) in [5, 5.41) is 3.60. The zero-order valence-electron chi connectivity index (χ0n) is 11.3. The zero-order valence-corrected chi connectivity index (χ0v) is 11.3. The molecule has 1 fully saturated rings. The van der Waals surface area contributed by atoms with E-state index in [9.17, 15) is 17.6 Å². The molecule has 9 heteroatoms. The fourth-order valence-corrected chi connectivity index (χ4v) is 2.29. The Bertz CT molecular complexity index is 455. The average Bonchev–Trinajstić information content (AvgIpc) is 2.87. The van der Waals surface area contributed by atoms with Gasteiger partial charge in [-0.2, -0.15) is 13.8 Å². The van der Waals surface area contributed by atoms with E-state index in [4.69, 9.17) is 10.3 Å². The van der Waals surface area contributed by atoms with Gasteiger partial charge in [0.1, 0.15) is 13.2 Å². The Morgan fingerprint density at radius 2 is 2.14 bits per heavy atom. The maximum absolute atomic E-state index is 12.6. The lowest BCUT2D eigenvalue weighted by Gasteiger charge is -2.23. The second kappa shape index (κ2) is 6.69. The summed E-state index contributed by atoms with van der Waals surface area (Å²) in [6.45, 7) is -1.78. The summed E-state index contributed by atoms with van der Waals surface area (Å²) in [4.78, 5) is 4.04. The van der Waals surface area contributed by atoms with Gasteiger partial charge in [-0.1, -0.05) is 11.6 Å². The lowest BCUT2D eigenvalue weighted by Crippen LogP contribution is -2.32. The van der Waals surface area contributed by atoms with E-state index in [2.05, 4.69) is 14.9 Å². The van der Waals surface area contributed by atoms with Crippen LogP contribution in [-0.4, -0.2) is 35.1 Å². The van der Waals surface area contributed by atoms with Gasteiger partial charge in [-0.15, -0.1) is 0 Å². The standard InChI is InChI=1S/C12H17F4N3O2/c13-11(14)12(15,16)6-20-5-9-18-10(21-19-9)7-2-1-3-8(17)4-7/h7-8,11H,1-6,17H2. The lowest BCUT2D eigenvalue weighted by atomic mass is 9.86. The first-order valence-electron chi connectivity index (χ1n) is 6.70. The van der Waals surface area contributed by atoms with Crippen molar-refractivity contribution >= 4 is 0 Å². The van der Waals surface area contributed by atoms with Crippen molar-refractivity contribution in [3.8, 4) is 0 Å². The van der Waals surface area contributed by atoms with E-state index in [1.165, 1.54) is 0 Å². The molecular formula is C12H17F4N3O2. The van der Waals surface area contributed by atoms with Crippen LogP contribution in [-0.2, 0) is 11.3 Å². The normalized spacial score (nSPS) is 23.7. The fourth-order valence-electron chi connectivity index (χ4n) is 2.29. The largest absolute Gasteiger partial charge is 0.367 e. The number of halogens is 4. The molecule has 0 aromatic carbocycles. The first-order chi connectivity index (χ1) is 9.88. The van der Waals surface area contributed by atoms with Gasteiger partial charge in [0.2, 0.25) is 5.89 Å². The van der Waals surface area contributed by atoms with E-state index >= 15 is 0 Å². The molecule has 2 rings (SSSR count). The van der Waals surface area contributed by atoms with E-state index in [1.807, 2.05) is 0 Å². The van der Waals surface area contributed by atoms with Crippen molar-refractivity contribution in [2.45, 2.75) is 56.6 Å². The molecule has 1 aliphatic rings. The van der Waals surface area contributed by atoms with E-state index in [0.717, 1.165) is 25.7 Å². The highest BCUT2D eigenvalue weighted by Crippen LogP contribution is 2.31. The van der Waals surface area contributed by atoms with Gasteiger partial charge in [0.25, 0.3) is 0 Å². The topological polar surface area (TPSA) is 74.2 Å². The number of ether oxygens (including phenoxy) is 1. The Labute approximate surface area is 118 Å². The second-order valence-electron chi connectivity index (χ2n) is 5.23. The fraction of sp³-hybridized carbons (Fsp3) is 0.833. The molecule has 0 amide bonds. The SMILES string of the molecule is NC1CCCC(c2nc(COCC(F)(F)C(F)F)no2)C1. The van der Waals surface area contributed by atoms with Crippen LogP contribution in [0, 0.1) is 0 Å². The van der Waals surface area contributed by atoms with Gasteiger partial charge in [-0.25, -0.2) is 8.78 Å². The first kappa shape index (κ1) is 16.2. The molecule has 1 saturated carbocycles. The van der Waals surface area contributed by atoms with Gasteiger partial charge in [0, 0.05) is 12.0 Å². The van der Waals surface area contributed by atoms with Crippen LogP contribution in [0.5, 0.6) is 0 Å². The molecule has 0 saturated heterocycles. The third-order valence-corrected chi connectivity index (χ3v) is 3.39. The molecule has 1 aromatic heterocycles. The third kappa shape index (κ3) is 4.37. The van der Waals surface area contributed by atoms with Crippen molar-refractivity contribution in [2.24, 2.45) is 5.73 Å². The second-order valence-corrected chi connectivity index (χ2v) is 5.23. The average molecular weight is 311 g/mol. The van der Waals surface area contributed by atoms with Crippen LogP contribution >= 0.6 is 0 Å². The Balaban J connectivity index is 1.83. The van der Waals surface area contributed by atoms with Gasteiger partial charge >= 0.3 is 12.3 Å². The van der Waals surface area contributed by atoms with Crippen molar-refractivity contribution in [3.63, 3.8) is 0 Å². The molecule has 0 radical (unpaired) electrons. The highest BCUT2D eigenvalue weighted by atomic mass is 19.3. The van der Waals surface area contributed by atoms with Gasteiger partial charge in [-0.3, -0.25) is 0 Å². The molecular weight excluding hydrogens is 294 g/mol. The maximum atomic E-state index is 12.6. The van der Waals surface area contributed by atoms with Crippen molar-refractivity contribution in [1.29, 1.82) is 0 Å². The number of nitrogens with two attached hydrogens (primary N) is 1. The highest BCUT2D eigenvalue weighted by molar-refractivity contribution is 4.97. The van der Waals surface area contributed by atoms with E-state index in [-0.39, 0.29) is 17.8 Å². The summed E-state index contributed by atoms with van der Waals surface area (Å²) >= 11 is 0. The Morgan fingerprint density at radius 3 is 2.81 bits per heavy atom. The van der Waals surface area contributed by atoms with E-state index in [0.29, 0.717) is 5.89 Å². The first-order valence-corrected chi connectivity index (χ1v) is 6.70. The van der Waals surface area contributed by atoms with Crippen molar-refractivity contribution < 1.29 is 26.8 Å². The van der Waals surface area contributed by atoms with E-state index < -0.39 is 25.6 Å². The smallest absolute Gasteiger partial charge is 0.330 e. The molecule has 0 aliphatic heterocycles. The highest BCUT2D eigenvalue weighted by Gasteiger charge is 2.41. The van der Waals surface area contributed by atoms with E-state index in [1.54, 1.807) is 0 Å². The Morgan fingerprint density at radius 1 is 1.38 bits per heavy atom. The summed E-state index contributed by atoms with van der Waals surface area (Å²) < 4.78 is 58.7. The van der Waals surface area contributed by atoms with Crippen molar-refractivity contribution in [1.82, 2.24) is 10.1 Å². The maximum Gasteiger partial charge on any atom is 0.330 e. The van der Waals surface area contributed by atoms with Crippen LogP contribution in [0.4, 0.5) is 17.6 Å². The molecule has 21 heavy (non-hydrogen) atoms. The minimum Gasteiger partial charge on any atom is -0.367 e. The molecule has 2 N–H and O–H groups in total. The van der Waals surface area contributed by atoms with Crippen molar-refractivity contribution in [3.05, 3.63) is 11.7 Å². The summed E-state index contributed by atoms with van der Waals surface area (Å²) in [6.07, 6.45) is -0.252. The van der Waals surface area contributed by atoms with Gasteiger partial charge in [0.15, 0.2) is 5.82 Å². The zero-order chi connectivity index (χ0) is 15.5. The summed E-state index contributed by atoms with van der Waals surface area (Å²) in [6, 6.07) is 0.0834. The number of alkyl halides is 4. The molecule has 5 nitrogen and oxygen atoms in total. The molecule has 2 unspecified atom stereocenters. The van der Waals surface area contributed by atoms with Crippen LogP contribution < -0.4 is 5.73 Å². The van der Waals surface area contributed by atoms with Crippen molar-refractivity contribution in [2.75, 3.05) is 6.61 Å². The quantitative estimate of drug-likeness (QED) is 0.817. The molecule has 0 bridgehead atoms. The molecule has 0 spiro atoms. The van der Waals surface area contributed by atoms with Gasteiger partial charge < -0.3 is 15.0 Å². The number of rotatable bonds is 6. The van der Waals surface area contributed by atoms with Crippen LogP contribution in [0.1, 0.15) is 43.3 Å². The predicted molar refractivity (Wildman–Crippen MR) is 64.1 cm³/mol. The number of aromatic nitrogens is 2. The minimum absolute atomic E-state index is 0.0532. The molecule has 1 aliphatic carbocycles. The Kier molecular flexibility index (Phi) is 5.15. The number of nitrogens with zero attached hydrogens (tertiary/aromatic N) is 2. The van der Waals surface area contributed by atoms with Gasteiger partial charge in [-0.05, 0) is 19.3 Å². The summed E-state index contributed by atoms with van der Waals surface area (Å²) in [5.74, 6) is -3.67. The van der Waals surface area contributed by atoms with Gasteiger partial charge in [0.05, 0.1) is 0 Å². The van der Waals surface area contributed by atoms with Crippen LogP contribution in [0.3, 0.4) is 0 Å². The molecule has 120 valence electrons. The molecule has 1 aromatic rings. The number of hydrogen-bond acceptors (Lipinski definition) is 5. The molecule has 2 atom stereocenters. The Hall–Kier alpha value is -1.22. The third-order valence-electron chi connectivity index (χ3n) is 3.39. The molecule has 1 heterocycles. The predicted octanol–water partition coefficient (Wildman–Crippen LogP) is 2.47.